The zero-order valence-corrected chi connectivity index (χ0v) is 12.8. The SMILES string of the molecule is C=C(C=CC(=O)O)C(=O)OCC.C=C(CO)C(=O)OCCC. The van der Waals surface area contributed by atoms with Crippen LogP contribution < -0.4 is 0 Å². The van der Waals surface area contributed by atoms with Crippen LogP contribution in [0, 0.1) is 0 Å². The van der Waals surface area contributed by atoms with Gasteiger partial charge in [0, 0.05) is 6.08 Å². The number of aliphatic hydroxyl groups excluding tert-OH is 1. The second kappa shape index (κ2) is 13.6. The number of carbonyl (C=O) groups is 3. The van der Waals surface area contributed by atoms with Gasteiger partial charge in [0.15, 0.2) is 0 Å². The third-order valence-electron chi connectivity index (χ3n) is 1.88. The molecule has 0 aliphatic heterocycles. The molecular formula is C15H22O7. The molecule has 124 valence electrons. The molecule has 0 unspecified atom stereocenters. The highest BCUT2D eigenvalue weighted by Crippen LogP contribution is 1.96. The van der Waals surface area contributed by atoms with E-state index < -0.39 is 17.9 Å². The highest BCUT2D eigenvalue weighted by atomic mass is 16.5. The molecule has 0 amide bonds. The highest BCUT2D eigenvalue weighted by molar-refractivity contribution is 5.93. The van der Waals surface area contributed by atoms with Crippen molar-refractivity contribution in [3.05, 3.63) is 36.5 Å². The lowest BCUT2D eigenvalue weighted by atomic mass is 10.3. The molecule has 22 heavy (non-hydrogen) atoms. The van der Waals surface area contributed by atoms with Crippen molar-refractivity contribution in [2.24, 2.45) is 0 Å². The molecule has 0 aliphatic carbocycles. The molecule has 0 rings (SSSR count). The van der Waals surface area contributed by atoms with Crippen molar-refractivity contribution in [1.82, 2.24) is 0 Å². The maximum Gasteiger partial charge on any atom is 0.337 e. The lowest BCUT2D eigenvalue weighted by molar-refractivity contribution is -0.140. The van der Waals surface area contributed by atoms with Gasteiger partial charge in [0.05, 0.1) is 31.0 Å². The van der Waals surface area contributed by atoms with Crippen LogP contribution in [0.25, 0.3) is 0 Å². The summed E-state index contributed by atoms with van der Waals surface area (Å²) in [4.78, 5) is 31.4. The molecule has 7 nitrogen and oxygen atoms in total. The Morgan fingerprint density at radius 3 is 2.05 bits per heavy atom. The Morgan fingerprint density at radius 2 is 1.64 bits per heavy atom. The van der Waals surface area contributed by atoms with Gasteiger partial charge in [-0.1, -0.05) is 20.1 Å². The molecule has 2 N–H and O–H groups in total. The topological polar surface area (TPSA) is 110 Å². The molecule has 0 spiro atoms. The normalized spacial score (nSPS) is 9.41. The second-order valence-electron chi connectivity index (χ2n) is 3.81. The van der Waals surface area contributed by atoms with Gasteiger partial charge in [0.1, 0.15) is 0 Å². The minimum absolute atomic E-state index is 0.0271. The van der Waals surface area contributed by atoms with Gasteiger partial charge in [-0.3, -0.25) is 0 Å². The van der Waals surface area contributed by atoms with Crippen molar-refractivity contribution in [2.45, 2.75) is 20.3 Å². The quantitative estimate of drug-likeness (QED) is 0.394. The van der Waals surface area contributed by atoms with Crippen LogP contribution >= 0.6 is 0 Å². The number of carboxylic acid groups (broad SMARTS) is 1. The molecule has 0 bridgehead atoms. The van der Waals surface area contributed by atoms with Crippen LogP contribution in [-0.4, -0.2) is 47.9 Å². The molecule has 0 heterocycles. The average molecular weight is 314 g/mol. The zero-order chi connectivity index (χ0) is 17.5. The Kier molecular flexibility index (Phi) is 13.5. The fourth-order valence-corrected chi connectivity index (χ4v) is 0.825. The van der Waals surface area contributed by atoms with Crippen molar-refractivity contribution < 1.29 is 34.1 Å². The first-order chi connectivity index (χ1) is 10.3. The molecule has 0 aromatic carbocycles. The van der Waals surface area contributed by atoms with Crippen molar-refractivity contribution in [1.29, 1.82) is 0 Å². The summed E-state index contributed by atoms with van der Waals surface area (Å²) in [6, 6.07) is 0. The van der Waals surface area contributed by atoms with E-state index in [1.807, 2.05) is 6.92 Å². The Morgan fingerprint density at radius 1 is 1.05 bits per heavy atom. The number of aliphatic hydroxyl groups is 1. The predicted octanol–water partition coefficient (Wildman–Crippen LogP) is 1.23. The molecular weight excluding hydrogens is 292 g/mol. The van der Waals surface area contributed by atoms with Gasteiger partial charge < -0.3 is 19.7 Å². The van der Waals surface area contributed by atoms with Crippen LogP contribution in [0.15, 0.2) is 36.5 Å². The first-order valence-corrected chi connectivity index (χ1v) is 6.52. The van der Waals surface area contributed by atoms with Gasteiger partial charge in [0.25, 0.3) is 0 Å². The van der Waals surface area contributed by atoms with Crippen LogP contribution in [-0.2, 0) is 23.9 Å². The van der Waals surface area contributed by atoms with E-state index in [1.165, 1.54) is 0 Å². The summed E-state index contributed by atoms with van der Waals surface area (Å²) >= 11 is 0. The number of carbonyl (C=O) groups excluding carboxylic acids is 2. The Hall–Kier alpha value is -2.41. The van der Waals surface area contributed by atoms with E-state index in [0.29, 0.717) is 6.61 Å². The van der Waals surface area contributed by atoms with Crippen LogP contribution in [0.3, 0.4) is 0 Å². The summed E-state index contributed by atoms with van der Waals surface area (Å²) < 4.78 is 9.20. The van der Waals surface area contributed by atoms with E-state index in [-0.39, 0.29) is 24.4 Å². The van der Waals surface area contributed by atoms with E-state index in [0.717, 1.165) is 18.6 Å². The molecule has 0 atom stereocenters. The van der Waals surface area contributed by atoms with Gasteiger partial charge in [-0.15, -0.1) is 0 Å². The molecule has 0 aliphatic rings. The largest absolute Gasteiger partial charge is 0.478 e. The summed E-state index contributed by atoms with van der Waals surface area (Å²) in [5, 5.41) is 16.6. The standard InChI is InChI=1S/C8H10O4.C7H12O3/c1-3-12-8(11)6(2)4-5-7(9)10;1-3-4-10-7(9)6(2)5-8/h4-5H,2-3H2,1H3,(H,9,10);8H,2-5H2,1H3. The van der Waals surface area contributed by atoms with Crippen molar-refractivity contribution in [3.8, 4) is 0 Å². The maximum absolute atomic E-state index is 10.8. The fraction of sp³-hybridized carbons (Fsp3) is 0.400. The first kappa shape index (κ1) is 21.9. The minimum Gasteiger partial charge on any atom is -0.478 e. The Bertz CT molecular complexity index is 435. The third kappa shape index (κ3) is 12.6. The van der Waals surface area contributed by atoms with Crippen molar-refractivity contribution in [3.63, 3.8) is 0 Å². The van der Waals surface area contributed by atoms with Gasteiger partial charge in [-0.25, -0.2) is 14.4 Å². The number of rotatable bonds is 8. The molecule has 0 radical (unpaired) electrons. The van der Waals surface area contributed by atoms with Crippen LogP contribution in [0.4, 0.5) is 0 Å². The van der Waals surface area contributed by atoms with E-state index in [9.17, 15) is 14.4 Å². The van der Waals surface area contributed by atoms with Gasteiger partial charge in [-0.05, 0) is 19.4 Å². The molecule has 0 saturated carbocycles. The number of ether oxygens (including phenoxy) is 2. The smallest absolute Gasteiger partial charge is 0.337 e. The lowest BCUT2D eigenvalue weighted by Crippen LogP contribution is -2.10. The second-order valence-corrected chi connectivity index (χ2v) is 3.81. The summed E-state index contributed by atoms with van der Waals surface area (Å²) in [7, 11) is 0. The average Bonchev–Trinajstić information content (AvgIpc) is 2.50. The Balaban J connectivity index is 0. The number of esters is 2. The van der Waals surface area contributed by atoms with Crippen molar-refractivity contribution >= 4 is 17.9 Å². The summed E-state index contributed by atoms with van der Waals surface area (Å²) in [5.41, 5.74) is 0.132. The number of hydrogen-bond acceptors (Lipinski definition) is 6. The van der Waals surface area contributed by atoms with Crippen LogP contribution in [0.2, 0.25) is 0 Å². The van der Waals surface area contributed by atoms with E-state index in [1.54, 1.807) is 6.92 Å². The van der Waals surface area contributed by atoms with E-state index >= 15 is 0 Å². The number of carboxylic acids is 1. The summed E-state index contributed by atoms with van der Waals surface area (Å²) in [6.07, 6.45) is 2.71. The van der Waals surface area contributed by atoms with Crippen molar-refractivity contribution in [2.75, 3.05) is 19.8 Å². The summed E-state index contributed by atoms with van der Waals surface area (Å²) in [5.74, 6) is -2.24. The zero-order valence-electron chi connectivity index (χ0n) is 12.8. The van der Waals surface area contributed by atoms with Crippen LogP contribution in [0.1, 0.15) is 20.3 Å². The predicted molar refractivity (Wildman–Crippen MR) is 80.0 cm³/mol. The molecule has 0 saturated heterocycles. The number of aliphatic carboxylic acids is 1. The monoisotopic (exact) mass is 314 g/mol. The first-order valence-electron chi connectivity index (χ1n) is 6.52. The number of hydrogen-bond donors (Lipinski definition) is 2. The van der Waals surface area contributed by atoms with Crippen LogP contribution in [0.5, 0.6) is 0 Å². The maximum atomic E-state index is 10.8. The molecule has 0 fully saturated rings. The minimum atomic E-state index is -1.12. The summed E-state index contributed by atoms with van der Waals surface area (Å²) in [6.45, 7) is 10.5. The highest BCUT2D eigenvalue weighted by Gasteiger charge is 2.05. The third-order valence-corrected chi connectivity index (χ3v) is 1.88. The Labute approximate surface area is 129 Å². The molecule has 0 aromatic rings. The fourth-order valence-electron chi connectivity index (χ4n) is 0.825. The molecule has 0 aromatic heterocycles. The van der Waals surface area contributed by atoms with Gasteiger partial charge in [0.2, 0.25) is 0 Å². The van der Waals surface area contributed by atoms with E-state index in [2.05, 4.69) is 22.6 Å². The van der Waals surface area contributed by atoms with Gasteiger partial charge >= 0.3 is 17.9 Å². The lowest BCUT2D eigenvalue weighted by Gasteiger charge is -2.01. The van der Waals surface area contributed by atoms with Gasteiger partial charge in [-0.2, -0.15) is 0 Å². The van der Waals surface area contributed by atoms with E-state index in [4.69, 9.17) is 10.2 Å². The molecule has 7 heteroatoms.